The fourth-order valence-electron chi connectivity index (χ4n) is 3.73. The molecule has 0 amide bonds. The van der Waals surface area contributed by atoms with Crippen LogP contribution in [0.25, 0.3) is 11.2 Å². The summed E-state index contributed by atoms with van der Waals surface area (Å²) in [5.74, 6) is -0.310. The highest BCUT2D eigenvalue weighted by atomic mass is 35.5. The van der Waals surface area contributed by atoms with Gasteiger partial charge in [0, 0.05) is 0 Å². The van der Waals surface area contributed by atoms with Crippen LogP contribution in [0.15, 0.2) is 41.5 Å². The van der Waals surface area contributed by atoms with Gasteiger partial charge >= 0.3 is 12.6 Å². The Morgan fingerprint density at radius 3 is 2.72 bits per heavy atom. The second kappa shape index (κ2) is 11.7. The number of alkyl halides is 2. The maximum Gasteiger partial charge on any atom is 0.323 e. The molecule has 3 heterocycles. The average Bonchev–Trinajstić information content (AvgIpc) is 3.36. The number of ether oxygens (including phenoxy) is 2. The lowest BCUT2D eigenvalue weighted by molar-refractivity contribution is -0.149. The van der Waals surface area contributed by atoms with Crippen LogP contribution in [-0.4, -0.2) is 65.9 Å². The number of fused-ring (bicyclic) bond motifs is 1. The van der Waals surface area contributed by atoms with E-state index in [4.69, 9.17) is 59.3 Å². The molecule has 4 rings (SSSR count). The number of esters is 1. The first kappa shape index (κ1) is 29.7. The van der Waals surface area contributed by atoms with Crippen molar-refractivity contribution in [1.29, 1.82) is 0 Å². The molecule has 0 bridgehead atoms. The van der Waals surface area contributed by atoms with Crippen molar-refractivity contribution in [3.8, 4) is 5.75 Å². The molecule has 0 radical (unpaired) electrons. The minimum atomic E-state index is -3.44. The molecular weight excluding hydrogens is 594 g/mol. The van der Waals surface area contributed by atoms with Crippen molar-refractivity contribution in [1.82, 2.24) is 24.6 Å². The van der Waals surface area contributed by atoms with Gasteiger partial charge in [-0.25, -0.2) is 10.1 Å². The molecule has 5 atom stereocenters. The van der Waals surface area contributed by atoms with E-state index in [0.29, 0.717) is 5.75 Å². The van der Waals surface area contributed by atoms with Crippen molar-refractivity contribution >= 4 is 64.7 Å². The Bertz CT molecular complexity index is 1440. The Hall–Kier alpha value is -2.29. The maximum atomic E-state index is 12.4. The molecule has 1 saturated heterocycles. The Morgan fingerprint density at radius 2 is 2.05 bits per heavy atom. The topological polar surface area (TPSA) is 176 Å². The summed E-state index contributed by atoms with van der Waals surface area (Å²) in [6.07, 6.45) is -2.91. The van der Waals surface area contributed by atoms with Crippen LogP contribution in [0, 0.1) is 0 Å². The normalized spacial score (nSPS) is 23.0. The molecule has 0 aliphatic carbocycles. The van der Waals surface area contributed by atoms with E-state index in [0.717, 1.165) is 0 Å². The molecule has 0 spiro atoms. The second-order valence-electron chi connectivity index (χ2n) is 8.96. The first-order valence-electron chi connectivity index (χ1n) is 11.7. The summed E-state index contributed by atoms with van der Waals surface area (Å²) in [4.78, 5) is 35.1. The number of nitrogens with one attached hydrogen (secondary N) is 2. The summed E-state index contributed by atoms with van der Waals surface area (Å²) in [6.45, 7) is 1.24. The summed E-state index contributed by atoms with van der Waals surface area (Å²) in [6, 6.07) is 7.76. The Morgan fingerprint density at radius 1 is 1.36 bits per heavy atom. The number of aromatic nitrogens is 4. The third-order valence-electron chi connectivity index (χ3n) is 5.52. The van der Waals surface area contributed by atoms with Crippen LogP contribution in [0.5, 0.6) is 5.75 Å². The number of aliphatic hydroxyl groups excluding tert-OH is 1. The summed E-state index contributed by atoms with van der Waals surface area (Å²) < 4.78 is 22.5. The predicted molar refractivity (Wildman–Crippen MR) is 148 cm³/mol. The minimum absolute atomic E-state index is 0.0237. The minimum Gasteiger partial charge on any atom is -0.462 e. The highest BCUT2D eigenvalue weighted by Crippen LogP contribution is 2.50. The third-order valence-corrected chi connectivity index (χ3v) is 8.84. The van der Waals surface area contributed by atoms with Gasteiger partial charge in [0.15, 0.2) is 21.7 Å². The van der Waals surface area contributed by atoms with Crippen LogP contribution in [0.4, 0.5) is 5.95 Å². The zero-order valence-electron chi connectivity index (χ0n) is 21.0. The molecule has 0 saturated carbocycles. The fourth-order valence-corrected chi connectivity index (χ4v) is 6.74. The number of nitrogens with zero attached hydrogens (tertiary/aromatic N) is 3. The largest absolute Gasteiger partial charge is 0.462 e. The van der Waals surface area contributed by atoms with Crippen LogP contribution in [-0.2, 0) is 30.6 Å². The van der Waals surface area contributed by atoms with Crippen LogP contribution < -0.4 is 20.9 Å². The number of aromatic amines is 1. The summed E-state index contributed by atoms with van der Waals surface area (Å²) in [5, 5.41) is 13.9. The van der Waals surface area contributed by atoms with E-state index in [1.807, 2.05) is 0 Å². The lowest BCUT2D eigenvalue weighted by atomic mass is 10.2. The van der Waals surface area contributed by atoms with E-state index in [9.17, 15) is 14.7 Å². The van der Waals surface area contributed by atoms with E-state index in [1.165, 1.54) is 10.9 Å². The molecule has 212 valence electrons. The first-order chi connectivity index (χ1) is 18.3. The SMILES string of the molecule is CC(C)OC(=O)[C@H](C)N[P@@](=S)(OC[C@H]1O[C@@H](n2cnc3c(=O)[nH]c(N)nc32)C(Cl)(Cl)[C@@H]1O)Oc1ccccc1. The van der Waals surface area contributed by atoms with Crippen molar-refractivity contribution < 1.29 is 28.4 Å². The molecule has 5 N–H and O–H groups in total. The zero-order valence-corrected chi connectivity index (χ0v) is 24.2. The molecule has 17 heteroatoms. The number of imidazole rings is 1. The fraction of sp³-hybridized carbons (Fsp3) is 0.455. The van der Waals surface area contributed by atoms with Crippen LogP contribution >= 0.6 is 29.8 Å². The Kier molecular flexibility index (Phi) is 8.89. The highest BCUT2D eigenvalue weighted by molar-refractivity contribution is 8.09. The number of anilines is 1. The van der Waals surface area contributed by atoms with Crippen molar-refractivity contribution in [3.63, 3.8) is 0 Å². The van der Waals surface area contributed by atoms with E-state index in [1.54, 1.807) is 51.1 Å². The molecule has 2 aromatic heterocycles. The molecule has 39 heavy (non-hydrogen) atoms. The number of nitrogen functional groups attached to an aromatic ring is 1. The van der Waals surface area contributed by atoms with Gasteiger partial charge in [0.2, 0.25) is 5.95 Å². The van der Waals surface area contributed by atoms with Crippen molar-refractivity contribution in [2.75, 3.05) is 12.3 Å². The van der Waals surface area contributed by atoms with Gasteiger partial charge in [-0.3, -0.25) is 19.1 Å². The second-order valence-corrected chi connectivity index (χ2v) is 13.5. The molecule has 3 aromatic rings. The molecule has 1 aromatic carbocycles. The van der Waals surface area contributed by atoms with Crippen molar-refractivity contribution in [2.45, 2.75) is 55.7 Å². The number of aliphatic hydroxyl groups is 1. The van der Waals surface area contributed by atoms with Gasteiger partial charge in [-0.05, 0) is 44.7 Å². The number of para-hydroxylation sites is 1. The molecular formula is C22H27Cl2N6O7PS. The monoisotopic (exact) mass is 620 g/mol. The van der Waals surface area contributed by atoms with E-state index < -0.39 is 47.0 Å². The number of hydrogen-bond acceptors (Lipinski definition) is 11. The smallest absolute Gasteiger partial charge is 0.323 e. The third kappa shape index (κ3) is 6.55. The van der Waals surface area contributed by atoms with Gasteiger partial charge in [-0.2, -0.15) is 4.98 Å². The number of H-pyrrole nitrogens is 1. The van der Waals surface area contributed by atoms with Gasteiger partial charge in [-0.1, -0.05) is 41.4 Å². The Balaban J connectivity index is 1.56. The number of carbonyl (C=O) groups excluding carboxylic acids is 1. The lowest BCUT2D eigenvalue weighted by Gasteiger charge is -2.28. The van der Waals surface area contributed by atoms with E-state index >= 15 is 0 Å². The van der Waals surface area contributed by atoms with Crippen molar-refractivity contribution in [2.24, 2.45) is 0 Å². The molecule has 0 unspecified atom stereocenters. The number of rotatable bonds is 10. The van der Waals surface area contributed by atoms with Crippen LogP contribution in [0.1, 0.15) is 27.0 Å². The predicted octanol–water partition coefficient (Wildman–Crippen LogP) is 2.38. The summed E-state index contributed by atoms with van der Waals surface area (Å²) in [7, 11) is 0. The number of carbonyl (C=O) groups is 1. The number of hydrogen-bond donors (Lipinski definition) is 4. The zero-order chi connectivity index (χ0) is 28.5. The van der Waals surface area contributed by atoms with E-state index in [-0.39, 0.29) is 29.8 Å². The standard InChI is InChI=1S/C22H27Cl2N6O7PS/c1-11(2)35-19(33)12(3)29-38(39,37-13-7-5-4-6-8-13)34-9-14-16(31)22(23,24)20(36-14)30-10-26-15-17(30)27-21(25)28-18(15)32/h4-8,10-12,14,16,20,31H,9H2,1-3H3,(H,29,39)(H3,25,27,28,32)/t12-,14+,16+,20+,38+/m0/s1. The van der Waals surface area contributed by atoms with Gasteiger partial charge in [0.1, 0.15) is 24.0 Å². The molecule has 1 aliphatic rings. The molecule has 13 nitrogen and oxygen atoms in total. The Labute approximate surface area is 238 Å². The summed E-state index contributed by atoms with van der Waals surface area (Å²) in [5.41, 5.74) is 5.13. The average molecular weight is 621 g/mol. The van der Waals surface area contributed by atoms with Crippen LogP contribution in [0.2, 0.25) is 0 Å². The highest BCUT2D eigenvalue weighted by Gasteiger charge is 2.56. The van der Waals surface area contributed by atoms with Gasteiger partial charge < -0.3 is 29.4 Å². The van der Waals surface area contributed by atoms with Gasteiger partial charge in [0.05, 0.1) is 19.0 Å². The van der Waals surface area contributed by atoms with Gasteiger partial charge in [-0.15, -0.1) is 0 Å². The van der Waals surface area contributed by atoms with Gasteiger partial charge in [0.25, 0.3) is 5.56 Å². The lowest BCUT2D eigenvalue weighted by Crippen LogP contribution is -2.39. The number of halogens is 2. The van der Waals surface area contributed by atoms with Crippen LogP contribution in [0.3, 0.4) is 0 Å². The quantitative estimate of drug-likeness (QED) is 0.148. The summed E-state index contributed by atoms with van der Waals surface area (Å²) >= 11 is 18.7. The molecule has 1 fully saturated rings. The number of benzene rings is 1. The number of nitrogens with two attached hydrogens (primary N) is 1. The molecule has 1 aliphatic heterocycles. The first-order valence-corrected chi connectivity index (χ1v) is 15.1. The van der Waals surface area contributed by atoms with Crippen molar-refractivity contribution in [3.05, 3.63) is 47.0 Å². The van der Waals surface area contributed by atoms with E-state index in [2.05, 4.69) is 20.0 Å². The maximum absolute atomic E-state index is 12.4.